The Morgan fingerprint density at radius 1 is 1.36 bits per heavy atom. The summed E-state index contributed by atoms with van der Waals surface area (Å²) in [5, 5.41) is 11.4. The fraction of sp³-hybridized carbons (Fsp3) is 0.524. The number of ether oxygens (including phenoxy) is 1. The van der Waals surface area contributed by atoms with Crippen molar-refractivity contribution < 1.29 is 9.84 Å². The molecule has 3 saturated heterocycles. The van der Waals surface area contributed by atoms with Crippen LogP contribution < -0.4 is 4.74 Å². The summed E-state index contributed by atoms with van der Waals surface area (Å²) in [5.41, 5.74) is 5.78. The standard InChI is InChI=1S/C21H26N2O2/c1-4-12-10-23-19-9-16-15-7-13(25-3)5-6-18(15)22(2)21(16)20(23)8-14(12)17(19)11-24/h4-7,14,17,19-20,24H,8-11H2,1-3H3/b12-4-. The molecule has 0 amide bonds. The van der Waals surface area contributed by atoms with Crippen molar-refractivity contribution in [2.45, 2.75) is 31.8 Å². The van der Waals surface area contributed by atoms with Crippen LogP contribution in [0.2, 0.25) is 0 Å². The van der Waals surface area contributed by atoms with Crippen molar-refractivity contribution in [2.24, 2.45) is 18.9 Å². The lowest BCUT2D eigenvalue weighted by atomic mass is 9.64. The lowest BCUT2D eigenvalue weighted by Gasteiger charge is -2.58. The second-order valence-corrected chi connectivity index (χ2v) is 7.82. The van der Waals surface area contributed by atoms with Crippen molar-refractivity contribution in [3.8, 4) is 5.75 Å². The van der Waals surface area contributed by atoms with Gasteiger partial charge in [0.05, 0.1) is 13.2 Å². The molecule has 0 radical (unpaired) electrons. The normalized spacial score (nSPS) is 34.6. The van der Waals surface area contributed by atoms with E-state index in [0.717, 1.165) is 25.1 Å². The Bertz CT molecular complexity index is 882. The smallest absolute Gasteiger partial charge is 0.119 e. The molecule has 0 saturated carbocycles. The number of hydrogen-bond acceptors (Lipinski definition) is 3. The third kappa shape index (κ3) is 1.90. The van der Waals surface area contributed by atoms with Crippen molar-refractivity contribution in [1.29, 1.82) is 0 Å². The van der Waals surface area contributed by atoms with E-state index >= 15 is 0 Å². The molecule has 3 fully saturated rings. The van der Waals surface area contributed by atoms with E-state index in [-0.39, 0.29) is 0 Å². The zero-order chi connectivity index (χ0) is 17.3. The monoisotopic (exact) mass is 338 g/mol. The Hall–Kier alpha value is -1.78. The van der Waals surface area contributed by atoms with Crippen LogP contribution in [0, 0.1) is 11.8 Å². The lowest BCUT2D eigenvalue weighted by molar-refractivity contribution is -0.0513. The first kappa shape index (κ1) is 15.5. The maximum Gasteiger partial charge on any atom is 0.119 e. The summed E-state index contributed by atoms with van der Waals surface area (Å²) in [7, 11) is 3.94. The Morgan fingerprint density at radius 3 is 2.92 bits per heavy atom. The maximum atomic E-state index is 10.1. The molecular formula is C21H26N2O2. The first-order valence-electron chi connectivity index (χ1n) is 9.34. The number of piperidine rings is 3. The maximum absolute atomic E-state index is 10.1. The Morgan fingerprint density at radius 2 is 2.20 bits per heavy atom. The summed E-state index contributed by atoms with van der Waals surface area (Å²) in [6.45, 7) is 3.51. The molecule has 25 heavy (non-hydrogen) atoms. The SMILES string of the molecule is C/C=C1/CN2C3CC1C(CO)C2Cc1c3n(C)c2ccc(OC)cc12. The first-order chi connectivity index (χ1) is 12.2. The lowest BCUT2D eigenvalue weighted by Crippen LogP contribution is -2.61. The average Bonchev–Trinajstić information content (AvgIpc) is 2.93. The van der Waals surface area contributed by atoms with Crippen molar-refractivity contribution in [3.05, 3.63) is 41.1 Å². The number of aryl methyl sites for hydroxylation is 1. The molecule has 4 aliphatic rings. The van der Waals surface area contributed by atoms with E-state index in [1.165, 1.54) is 27.7 Å². The van der Waals surface area contributed by atoms with E-state index in [2.05, 4.69) is 47.7 Å². The number of aliphatic hydroxyl groups excluding tert-OH is 1. The predicted molar refractivity (Wildman–Crippen MR) is 98.8 cm³/mol. The molecule has 4 nitrogen and oxygen atoms in total. The molecule has 1 aromatic carbocycles. The molecule has 1 aromatic heterocycles. The van der Waals surface area contributed by atoms with Gasteiger partial charge in [0.2, 0.25) is 0 Å². The van der Waals surface area contributed by atoms with Gasteiger partial charge in [-0.15, -0.1) is 0 Å². The number of aromatic nitrogens is 1. The minimum Gasteiger partial charge on any atom is -0.497 e. The van der Waals surface area contributed by atoms with Crippen LogP contribution in [0.4, 0.5) is 0 Å². The second kappa shape index (κ2) is 5.36. The zero-order valence-corrected chi connectivity index (χ0v) is 15.2. The molecule has 6 rings (SSSR count). The third-order valence-corrected chi connectivity index (χ3v) is 7.03. The van der Waals surface area contributed by atoms with Crippen LogP contribution in [0.5, 0.6) is 5.75 Å². The predicted octanol–water partition coefficient (Wildman–Crippen LogP) is 3.04. The fourth-order valence-electron chi connectivity index (χ4n) is 5.86. The van der Waals surface area contributed by atoms with Crippen molar-refractivity contribution >= 4 is 10.9 Å². The van der Waals surface area contributed by atoms with Crippen LogP contribution >= 0.6 is 0 Å². The van der Waals surface area contributed by atoms with Gasteiger partial charge in [-0.2, -0.15) is 0 Å². The summed E-state index contributed by atoms with van der Waals surface area (Å²) in [6, 6.07) is 7.37. The van der Waals surface area contributed by atoms with Gasteiger partial charge in [-0.1, -0.05) is 11.6 Å². The van der Waals surface area contributed by atoms with Crippen LogP contribution in [-0.2, 0) is 13.5 Å². The molecule has 2 aromatic rings. The Labute approximate surface area is 148 Å². The van der Waals surface area contributed by atoms with E-state index < -0.39 is 0 Å². The van der Waals surface area contributed by atoms with Crippen LogP contribution in [0.25, 0.3) is 10.9 Å². The number of rotatable bonds is 2. The van der Waals surface area contributed by atoms with Crippen molar-refractivity contribution in [1.82, 2.24) is 9.47 Å². The van der Waals surface area contributed by atoms with E-state index in [4.69, 9.17) is 4.74 Å². The van der Waals surface area contributed by atoms with E-state index in [0.29, 0.717) is 30.5 Å². The van der Waals surface area contributed by atoms with Gasteiger partial charge < -0.3 is 14.4 Å². The number of hydrogen-bond donors (Lipinski definition) is 1. The highest BCUT2D eigenvalue weighted by molar-refractivity contribution is 5.87. The number of nitrogens with zero attached hydrogens (tertiary/aromatic N) is 2. The molecule has 0 aliphatic carbocycles. The summed E-state index contributed by atoms with van der Waals surface area (Å²) < 4.78 is 7.87. The quantitative estimate of drug-likeness (QED) is 0.855. The summed E-state index contributed by atoms with van der Waals surface area (Å²) >= 11 is 0. The highest BCUT2D eigenvalue weighted by atomic mass is 16.5. The third-order valence-electron chi connectivity index (χ3n) is 7.03. The van der Waals surface area contributed by atoms with Crippen molar-refractivity contribution in [3.63, 3.8) is 0 Å². The first-order valence-corrected chi connectivity index (χ1v) is 9.34. The molecule has 5 heterocycles. The average molecular weight is 338 g/mol. The minimum absolute atomic E-state index is 0.291. The van der Waals surface area contributed by atoms with Crippen LogP contribution in [0.1, 0.15) is 30.6 Å². The van der Waals surface area contributed by atoms with Crippen molar-refractivity contribution in [2.75, 3.05) is 20.3 Å². The van der Waals surface area contributed by atoms with Gasteiger partial charge in [-0.25, -0.2) is 0 Å². The minimum atomic E-state index is 0.291. The number of benzene rings is 1. The van der Waals surface area contributed by atoms with Gasteiger partial charge >= 0.3 is 0 Å². The molecule has 4 aliphatic heterocycles. The molecule has 0 spiro atoms. The van der Waals surface area contributed by atoms with E-state index in [9.17, 15) is 5.11 Å². The molecule has 132 valence electrons. The number of allylic oxidation sites excluding steroid dienone is 1. The highest BCUT2D eigenvalue weighted by Crippen LogP contribution is 2.54. The molecule has 1 N–H and O–H groups in total. The summed E-state index contributed by atoms with van der Waals surface area (Å²) in [5.74, 6) is 1.83. The molecular weight excluding hydrogens is 312 g/mol. The molecule has 5 unspecified atom stereocenters. The summed E-state index contributed by atoms with van der Waals surface area (Å²) in [4.78, 5) is 2.66. The second-order valence-electron chi connectivity index (χ2n) is 7.82. The van der Waals surface area contributed by atoms with Gasteiger partial charge in [0.25, 0.3) is 0 Å². The molecule has 4 heteroatoms. The van der Waals surface area contributed by atoms with Gasteiger partial charge in [0, 0.05) is 48.8 Å². The molecule has 4 bridgehead atoms. The van der Waals surface area contributed by atoms with E-state index in [1.54, 1.807) is 7.11 Å². The number of fused-ring (bicyclic) bond motifs is 4. The number of methoxy groups -OCH3 is 1. The topological polar surface area (TPSA) is 37.6 Å². The highest BCUT2D eigenvalue weighted by Gasteiger charge is 2.52. The largest absolute Gasteiger partial charge is 0.497 e. The summed E-state index contributed by atoms with van der Waals surface area (Å²) in [6.07, 6.45) is 4.45. The van der Waals surface area contributed by atoms with Crippen LogP contribution in [-0.4, -0.2) is 40.9 Å². The van der Waals surface area contributed by atoms with Crippen LogP contribution in [0.3, 0.4) is 0 Å². The van der Waals surface area contributed by atoms with Gasteiger partial charge in [0.1, 0.15) is 5.75 Å². The molecule has 5 atom stereocenters. The number of aliphatic hydroxyl groups is 1. The Balaban J connectivity index is 1.71. The fourth-order valence-corrected chi connectivity index (χ4v) is 5.86. The van der Waals surface area contributed by atoms with Gasteiger partial charge in [0.15, 0.2) is 0 Å². The zero-order valence-electron chi connectivity index (χ0n) is 15.2. The Kier molecular flexibility index (Phi) is 3.32. The van der Waals surface area contributed by atoms with Gasteiger partial charge in [-0.05, 0) is 49.4 Å². The van der Waals surface area contributed by atoms with Crippen LogP contribution in [0.15, 0.2) is 29.8 Å². The van der Waals surface area contributed by atoms with E-state index in [1.807, 2.05) is 0 Å². The van der Waals surface area contributed by atoms with Gasteiger partial charge in [-0.3, -0.25) is 4.90 Å².